The molecule has 1 aliphatic rings. The summed E-state index contributed by atoms with van der Waals surface area (Å²) in [7, 11) is 1.71. The normalized spacial score (nSPS) is 12.5. The van der Waals surface area contributed by atoms with E-state index in [9.17, 15) is 0 Å². The molecule has 0 fully saturated rings. The van der Waals surface area contributed by atoms with Crippen molar-refractivity contribution in [2.75, 3.05) is 11.9 Å². The predicted octanol–water partition coefficient (Wildman–Crippen LogP) is 5.83. The molecule has 4 aromatic rings. The molecule has 0 amide bonds. The minimum atomic E-state index is 0.0337. The highest BCUT2D eigenvalue weighted by molar-refractivity contribution is 6.64. The average molecular weight is 408 g/mol. The summed E-state index contributed by atoms with van der Waals surface area (Å²) in [6, 6.07) is 23.0. The fourth-order valence-electron chi connectivity index (χ4n) is 4.33. The van der Waals surface area contributed by atoms with Gasteiger partial charge in [-0.25, -0.2) is 4.98 Å². The van der Waals surface area contributed by atoms with Crippen LogP contribution in [0.1, 0.15) is 18.9 Å². The maximum Gasteiger partial charge on any atom is 0.404 e. The molecule has 0 saturated heterocycles. The predicted molar refractivity (Wildman–Crippen MR) is 127 cm³/mol. The number of anilines is 2. The van der Waals surface area contributed by atoms with Crippen molar-refractivity contribution in [3.8, 4) is 28.3 Å². The number of hydrogen-bond donors (Lipinski definition) is 0. The van der Waals surface area contributed by atoms with Gasteiger partial charge in [0.05, 0.1) is 18.5 Å². The van der Waals surface area contributed by atoms with Crippen molar-refractivity contribution < 1.29 is 4.74 Å². The fraction of sp³-hybridized carbons (Fsp3) is 0.200. The Balaban J connectivity index is 1.75. The smallest absolute Gasteiger partial charge is 0.404 e. The summed E-state index contributed by atoms with van der Waals surface area (Å²) in [5.74, 6) is 1.76. The van der Waals surface area contributed by atoms with Crippen LogP contribution in [0.2, 0.25) is 6.32 Å². The van der Waals surface area contributed by atoms with Crippen LogP contribution in [0.4, 0.5) is 11.5 Å². The Morgan fingerprint density at radius 2 is 1.84 bits per heavy atom. The summed E-state index contributed by atoms with van der Waals surface area (Å²) in [6.45, 7) is 4.35. The lowest BCUT2D eigenvalue weighted by Gasteiger charge is -2.36. The first-order chi connectivity index (χ1) is 15.2. The van der Waals surface area contributed by atoms with Crippen molar-refractivity contribution >= 4 is 18.5 Å². The molecule has 0 saturated carbocycles. The molecule has 5 nitrogen and oxygen atoms in total. The Labute approximate surface area is 183 Å². The zero-order valence-electron chi connectivity index (χ0n) is 18.1. The third-order valence-electron chi connectivity index (χ3n) is 5.82. The van der Waals surface area contributed by atoms with Gasteiger partial charge in [0.25, 0.3) is 0 Å². The third-order valence-corrected chi connectivity index (χ3v) is 5.82. The number of pyridine rings is 1. The van der Waals surface area contributed by atoms with Crippen LogP contribution in [-0.2, 0) is 0 Å². The van der Waals surface area contributed by atoms with Crippen molar-refractivity contribution in [2.24, 2.45) is 0 Å². The largest absolute Gasteiger partial charge is 0.497 e. The zero-order chi connectivity index (χ0) is 21.4. The van der Waals surface area contributed by atoms with Gasteiger partial charge in [0, 0.05) is 29.1 Å². The lowest BCUT2D eigenvalue weighted by molar-refractivity contribution is 0.415. The molecular formula is C25H25BN4O. The summed E-state index contributed by atoms with van der Waals surface area (Å²) in [5, 5.41) is 5.08. The summed E-state index contributed by atoms with van der Waals surface area (Å²) in [6.07, 6.45) is 3.86. The van der Waals surface area contributed by atoms with Crippen molar-refractivity contribution in [2.45, 2.75) is 26.6 Å². The van der Waals surface area contributed by atoms with Gasteiger partial charge < -0.3 is 9.55 Å². The van der Waals surface area contributed by atoms with Crippen LogP contribution in [-0.4, -0.2) is 28.8 Å². The Morgan fingerprint density at radius 1 is 1.00 bits per heavy atom. The van der Waals surface area contributed by atoms with Gasteiger partial charge in [-0.15, -0.1) is 0 Å². The van der Waals surface area contributed by atoms with E-state index in [2.05, 4.69) is 71.8 Å². The van der Waals surface area contributed by atoms with E-state index in [1.165, 1.54) is 5.56 Å². The van der Waals surface area contributed by atoms with Gasteiger partial charge in [-0.1, -0.05) is 43.7 Å². The molecule has 0 radical (unpaired) electrons. The SMILES string of the molecule is CCCB1N(c2cc(C)ccn2)c2cc(OC)ccc2-c2cc(-c3ccccc3)nn21. The molecule has 1 aliphatic heterocycles. The fourth-order valence-corrected chi connectivity index (χ4v) is 4.33. The summed E-state index contributed by atoms with van der Waals surface area (Å²) < 4.78 is 7.75. The molecule has 0 N–H and O–H groups in total. The molecule has 0 aliphatic carbocycles. The van der Waals surface area contributed by atoms with Crippen LogP contribution in [0.3, 0.4) is 0 Å². The highest BCUT2D eigenvalue weighted by atomic mass is 16.5. The first-order valence-corrected chi connectivity index (χ1v) is 10.7. The Morgan fingerprint density at radius 3 is 2.58 bits per heavy atom. The van der Waals surface area contributed by atoms with Crippen LogP contribution in [0, 0.1) is 6.92 Å². The van der Waals surface area contributed by atoms with Gasteiger partial charge >= 0.3 is 6.98 Å². The first kappa shape index (κ1) is 19.4. The number of rotatable bonds is 5. The Kier molecular flexibility index (Phi) is 4.98. The molecule has 2 aromatic carbocycles. The molecule has 0 spiro atoms. The van der Waals surface area contributed by atoms with Crippen LogP contribution in [0.5, 0.6) is 5.75 Å². The van der Waals surface area contributed by atoms with Crippen molar-refractivity contribution in [1.29, 1.82) is 0 Å². The number of ether oxygens (including phenoxy) is 1. The second kappa shape index (κ2) is 7.95. The molecule has 31 heavy (non-hydrogen) atoms. The van der Waals surface area contributed by atoms with Gasteiger partial charge in [-0.2, -0.15) is 5.10 Å². The number of aryl methyl sites for hydroxylation is 1. The number of nitrogens with zero attached hydrogens (tertiary/aromatic N) is 4. The summed E-state index contributed by atoms with van der Waals surface area (Å²) in [4.78, 5) is 7.04. The Bertz CT molecular complexity index is 1220. The Hall–Kier alpha value is -3.54. The zero-order valence-corrected chi connectivity index (χ0v) is 18.1. The highest BCUT2D eigenvalue weighted by Gasteiger charge is 2.38. The van der Waals surface area contributed by atoms with Crippen molar-refractivity contribution in [3.63, 3.8) is 0 Å². The molecule has 2 aromatic heterocycles. The van der Waals surface area contributed by atoms with Crippen LogP contribution in [0.25, 0.3) is 22.5 Å². The van der Waals surface area contributed by atoms with E-state index >= 15 is 0 Å². The second-order valence-corrected chi connectivity index (χ2v) is 7.94. The number of methoxy groups -OCH3 is 1. The topological polar surface area (TPSA) is 43.2 Å². The second-order valence-electron chi connectivity index (χ2n) is 7.94. The summed E-state index contributed by atoms with van der Waals surface area (Å²) in [5.41, 5.74) is 6.64. The van der Waals surface area contributed by atoms with Crippen molar-refractivity contribution in [1.82, 2.24) is 14.7 Å². The third kappa shape index (κ3) is 3.38. The van der Waals surface area contributed by atoms with E-state index in [4.69, 9.17) is 14.8 Å². The van der Waals surface area contributed by atoms with Crippen LogP contribution in [0.15, 0.2) is 72.9 Å². The van der Waals surface area contributed by atoms with Gasteiger partial charge in [-0.05, 0) is 49.1 Å². The highest BCUT2D eigenvalue weighted by Crippen LogP contribution is 2.44. The quantitative estimate of drug-likeness (QED) is 0.390. The van der Waals surface area contributed by atoms with Gasteiger partial charge in [0.2, 0.25) is 0 Å². The number of hydrogen-bond acceptors (Lipinski definition) is 4. The molecule has 154 valence electrons. The van der Waals surface area contributed by atoms with Gasteiger partial charge in [-0.3, -0.25) is 4.59 Å². The first-order valence-electron chi connectivity index (χ1n) is 10.7. The van der Waals surface area contributed by atoms with Crippen LogP contribution >= 0.6 is 0 Å². The lowest BCUT2D eigenvalue weighted by Crippen LogP contribution is -2.46. The van der Waals surface area contributed by atoms with E-state index < -0.39 is 0 Å². The number of benzene rings is 2. The average Bonchev–Trinajstić information content (AvgIpc) is 3.25. The molecule has 0 unspecified atom stereocenters. The lowest BCUT2D eigenvalue weighted by atomic mass is 9.66. The minimum Gasteiger partial charge on any atom is -0.497 e. The van der Waals surface area contributed by atoms with E-state index in [1.807, 2.05) is 24.4 Å². The summed E-state index contributed by atoms with van der Waals surface area (Å²) >= 11 is 0. The molecule has 0 bridgehead atoms. The minimum absolute atomic E-state index is 0.0337. The van der Waals surface area contributed by atoms with E-state index in [0.717, 1.165) is 52.5 Å². The molecule has 5 rings (SSSR count). The van der Waals surface area contributed by atoms with E-state index in [1.54, 1.807) is 7.11 Å². The maximum atomic E-state index is 5.58. The molecule has 6 heteroatoms. The van der Waals surface area contributed by atoms with E-state index in [-0.39, 0.29) is 6.98 Å². The van der Waals surface area contributed by atoms with Gasteiger partial charge in [0.1, 0.15) is 11.6 Å². The standard InChI is InChI=1S/C25H25BN4O/c1-4-13-26-29(25-15-18(2)12-14-27-25)23-16-20(31-3)10-11-21(23)24-17-22(28-30(24)26)19-8-6-5-7-9-19/h5-12,14-17H,4,13H2,1-3H3. The maximum absolute atomic E-state index is 5.58. The van der Waals surface area contributed by atoms with Crippen LogP contribution < -0.4 is 9.55 Å². The van der Waals surface area contributed by atoms with Gasteiger partial charge in [0.15, 0.2) is 0 Å². The molecule has 0 atom stereocenters. The number of fused-ring (bicyclic) bond motifs is 3. The molecule has 3 heterocycles. The monoisotopic (exact) mass is 408 g/mol. The number of aromatic nitrogens is 3. The van der Waals surface area contributed by atoms with Crippen molar-refractivity contribution in [3.05, 3.63) is 78.5 Å². The van der Waals surface area contributed by atoms with E-state index in [0.29, 0.717) is 0 Å². The molecular weight excluding hydrogens is 383 g/mol.